The van der Waals surface area contributed by atoms with Crippen LogP contribution in [0.25, 0.3) is 10.9 Å². The van der Waals surface area contributed by atoms with Gasteiger partial charge in [-0.3, -0.25) is 14.3 Å². The average Bonchev–Trinajstić information content (AvgIpc) is 3.21. The van der Waals surface area contributed by atoms with E-state index in [1.165, 1.54) is 0 Å². The van der Waals surface area contributed by atoms with Crippen LogP contribution >= 0.6 is 0 Å². The van der Waals surface area contributed by atoms with Gasteiger partial charge in [-0.2, -0.15) is 5.26 Å². The van der Waals surface area contributed by atoms with Crippen LogP contribution in [0.2, 0.25) is 0 Å². The summed E-state index contributed by atoms with van der Waals surface area (Å²) < 4.78 is 7.03. The van der Waals surface area contributed by atoms with Crippen LogP contribution in [0, 0.1) is 11.3 Å². The van der Waals surface area contributed by atoms with Gasteiger partial charge in [-0.15, -0.1) is 0 Å². The minimum Gasteiger partial charge on any atom is -0.383 e. The van der Waals surface area contributed by atoms with Crippen molar-refractivity contribution in [2.24, 2.45) is 0 Å². The van der Waals surface area contributed by atoms with Crippen LogP contribution < -0.4 is 5.56 Å². The first kappa shape index (κ1) is 19.3. The Labute approximate surface area is 170 Å². The van der Waals surface area contributed by atoms with Gasteiger partial charge in [-0.05, 0) is 49.2 Å². The monoisotopic (exact) mass is 388 g/mol. The molecule has 6 nitrogen and oxygen atoms in total. The second kappa shape index (κ2) is 8.56. The highest BCUT2D eigenvalue weighted by molar-refractivity contribution is 5.77. The highest BCUT2D eigenvalue weighted by Crippen LogP contribution is 2.32. The number of ether oxygens (including phenoxy) is 1. The minimum atomic E-state index is -0.00660. The van der Waals surface area contributed by atoms with Crippen molar-refractivity contribution in [3.63, 3.8) is 0 Å². The first-order valence-electron chi connectivity index (χ1n) is 9.93. The third-order valence-electron chi connectivity index (χ3n) is 5.54. The molecule has 4 rings (SSSR count). The smallest absolute Gasteiger partial charge is 0.261 e. The van der Waals surface area contributed by atoms with E-state index in [1.807, 2.05) is 48.5 Å². The van der Waals surface area contributed by atoms with E-state index in [9.17, 15) is 4.79 Å². The Kier molecular flexibility index (Phi) is 5.70. The van der Waals surface area contributed by atoms with Crippen LogP contribution in [0.15, 0.2) is 53.3 Å². The first-order chi connectivity index (χ1) is 14.2. The summed E-state index contributed by atoms with van der Waals surface area (Å²) >= 11 is 0. The molecule has 29 heavy (non-hydrogen) atoms. The zero-order valence-corrected chi connectivity index (χ0v) is 16.5. The van der Waals surface area contributed by atoms with Gasteiger partial charge in [0.05, 0.1) is 41.7 Å². The zero-order valence-electron chi connectivity index (χ0n) is 16.5. The van der Waals surface area contributed by atoms with Crippen LogP contribution in [-0.2, 0) is 17.8 Å². The van der Waals surface area contributed by atoms with Gasteiger partial charge in [-0.25, -0.2) is 4.98 Å². The van der Waals surface area contributed by atoms with Crippen molar-refractivity contribution in [2.75, 3.05) is 20.3 Å². The van der Waals surface area contributed by atoms with Crippen molar-refractivity contribution >= 4 is 10.9 Å². The molecule has 0 aliphatic carbocycles. The lowest BCUT2D eigenvalue weighted by atomic mass is 10.1. The molecule has 3 aromatic rings. The van der Waals surface area contributed by atoms with E-state index in [0.717, 1.165) is 42.8 Å². The fourth-order valence-corrected chi connectivity index (χ4v) is 4.07. The number of fused-ring (bicyclic) bond motifs is 1. The summed E-state index contributed by atoms with van der Waals surface area (Å²) in [6, 6.07) is 17.5. The van der Waals surface area contributed by atoms with Gasteiger partial charge in [0.2, 0.25) is 0 Å². The summed E-state index contributed by atoms with van der Waals surface area (Å²) in [6.45, 7) is 2.68. The normalized spacial score (nSPS) is 16.9. The second-order valence-electron chi connectivity index (χ2n) is 7.37. The van der Waals surface area contributed by atoms with Gasteiger partial charge in [0, 0.05) is 13.7 Å². The molecule has 0 spiro atoms. The standard InChI is InChI=1S/C23H24N4O2/c1-29-14-13-27-22(25-20-6-3-2-5-19(20)23(27)28)21-7-4-12-26(21)16-18-10-8-17(15-24)9-11-18/h2-3,5-6,8-11,21H,4,7,12-14,16H2,1H3. The van der Waals surface area contributed by atoms with Gasteiger partial charge >= 0.3 is 0 Å². The maximum atomic E-state index is 13.2. The molecular weight excluding hydrogens is 364 g/mol. The maximum absolute atomic E-state index is 13.2. The second-order valence-corrected chi connectivity index (χ2v) is 7.37. The minimum absolute atomic E-state index is 0.00660. The molecule has 0 N–H and O–H groups in total. The molecular formula is C23H24N4O2. The summed E-state index contributed by atoms with van der Waals surface area (Å²) in [5, 5.41) is 9.65. The third-order valence-corrected chi connectivity index (χ3v) is 5.54. The number of likely N-dealkylation sites (tertiary alicyclic amines) is 1. The van der Waals surface area contributed by atoms with Crippen molar-refractivity contribution in [1.82, 2.24) is 14.5 Å². The van der Waals surface area contributed by atoms with E-state index >= 15 is 0 Å². The number of hydrogen-bond acceptors (Lipinski definition) is 5. The molecule has 6 heteroatoms. The summed E-state index contributed by atoms with van der Waals surface area (Å²) in [4.78, 5) is 20.5. The van der Waals surface area contributed by atoms with E-state index in [4.69, 9.17) is 15.0 Å². The van der Waals surface area contributed by atoms with Gasteiger partial charge in [0.1, 0.15) is 5.82 Å². The van der Waals surface area contributed by atoms with Crippen LogP contribution in [0.4, 0.5) is 0 Å². The maximum Gasteiger partial charge on any atom is 0.261 e. The zero-order chi connectivity index (χ0) is 20.2. The van der Waals surface area contributed by atoms with Crippen molar-refractivity contribution < 1.29 is 4.74 Å². The summed E-state index contributed by atoms with van der Waals surface area (Å²) in [7, 11) is 1.64. The fourth-order valence-electron chi connectivity index (χ4n) is 4.07. The molecule has 0 amide bonds. The molecule has 0 radical (unpaired) electrons. The molecule has 1 aliphatic heterocycles. The molecule has 0 saturated carbocycles. The summed E-state index contributed by atoms with van der Waals surface area (Å²) in [6.07, 6.45) is 2.03. The van der Waals surface area contributed by atoms with Crippen molar-refractivity contribution in [2.45, 2.75) is 32.0 Å². The highest BCUT2D eigenvalue weighted by Gasteiger charge is 2.30. The van der Waals surface area contributed by atoms with Crippen LogP contribution in [0.3, 0.4) is 0 Å². The lowest BCUT2D eigenvalue weighted by Crippen LogP contribution is -2.33. The molecule has 148 valence electrons. The largest absolute Gasteiger partial charge is 0.383 e. The van der Waals surface area contributed by atoms with Gasteiger partial charge < -0.3 is 4.74 Å². The quantitative estimate of drug-likeness (QED) is 0.648. The number of nitrogens with zero attached hydrogens (tertiary/aromatic N) is 4. The summed E-state index contributed by atoms with van der Waals surface area (Å²) in [5.74, 6) is 0.817. The number of methoxy groups -OCH3 is 1. The highest BCUT2D eigenvalue weighted by atomic mass is 16.5. The Bertz CT molecular complexity index is 1100. The molecule has 1 atom stereocenters. The number of rotatable bonds is 6. The number of benzene rings is 2. The van der Waals surface area contributed by atoms with Crippen molar-refractivity contribution in [3.05, 3.63) is 75.8 Å². The Morgan fingerprint density at radius 3 is 2.76 bits per heavy atom. The Morgan fingerprint density at radius 1 is 1.21 bits per heavy atom. The predicted octanol–water partition coefficient (Wildman–Crippen LogP) is 3.25. The SMILES string of the molecule is COCCn1c(C2CCCN2Cc2ccc(C#N)cc2)nc2ccccc2c1=O. The number of para-hydroxylation sites is 1. The van der Waals surface area contributed by atoms with Crippen LogP contribution in [-0.4, -0.2) is 34.7 Å². The van der Waals surface area contributed by atoms with E-state index in [-0.39, 0.29) is 11.6 Å². The van der Waals surface area contributed by atoms with Gasteiger partial charge in [0.25, 0.3) is 5.56 Å². The number of aromatic nitrogens is 2. The Balaban J connectivity index is 1.71. The first-order valence-corrected chi connectivity index (χ1v) is 9.93. The van der Waals surface area contributed by atoms with E-state index in [1.54, 1.807) is 11.7 Å². The van der Waals surface area contributed by atoms with E-state index < -0.39 is 0 Å². The van der Waals surface area contributed by atoms with Crippen LogP contribution in [0.5, 0.6) is 0 Å². The lowest BCUT2D eigenvalue weighted by molar-refractivity contribution is 0.178. The van der Waals surface area contributed by atoms with E-state index in [0.29, 0.717) is 24.1 Å². The molecule has 2 heterocycles. The molecule has 2 aromatic carbocycles. The number of nitriles is 1. The van der Waals surface area contributed by atoms with Gasteiger partial charge in [-0.1, -0.05) is 24.3 Å². The van der Waals surface area contributed by atoms with Crippen molar-refractivity contribution in [1.29, 1.82) is 5.26 Å². The molecule has 1 unspecified atom stereocenters. The van der Waals surface area contributed by atoms with Crippen molar-refractivity contribution in [3.8, 4) is 6.07 Å². The Morgan fingerprint density at radius 2 is 2.00 bits per heavy atom. The molecule has 1 aromatic heterocycles. The fraction of sp³-hybridized carbons (Fsp3) is 0.348. The molecule has 1 aliphatic rings. The average molecular weight is 388 g/mol. The molecule has 1 saturated heterocycles. The van der Waals surface area contributed by atoms with Gasteiger partial charge in [0.15, 0.2) is 0 Å². The topological polar surface area (TPSA) is 71.2 Å². The van der Waals surface area contributed by atoms with Crippen LogP contribution in [0.1, 0.15) is 35.8 Å². The number of hydrogen-bond donors (Lipinski definition) is 0. The van der Waals surface area contributed by atoms with E-state index in [2.05, 4.69) is 11.0 Å². The Hall–Kier alpha value is -3.01. The molecule has 0 bridgehead atoms. The third kappa shape index (κ3) is 3.93. The molecule has 1 fully saturated rings. The predicted molar refractivity (Wildman–Crippen MR) is 111 cm³/mol. The summed E-state index contributed by atoms with van der Waals surface area (Å²) in [5.41, 5.74) is 2.55. The lowest BCUT2D eigenvalue weighted by Gasteiger charge is -2.26.